The highest BCUT2D eigenvalue weighted by atomic mass is 79.9. The molecule has 12 heteroatoms. The summed E-state index contributed by atoms with van der Waals surface area (Å²) in [7, 11) is 0. The number of thioether (sulfide) groups is 1. The molecule has 3 unspecified atom stereocenters. The number of aliphatic hydroxyl groups excluding tert-OH is 1. The van der Waals surface area contributed by atoms with Crippen molar-refractivity contribution in [3.63, 3.8) is 0 Å². The van der Waals surface area contributed by atoms with Crippen molar-refractivity contribution in [3.05, 3.63) is 49.6 Å². The first-order chi connectivity index (χ1) is 20.3. The van der Waals surface area contributed by atoms with E-state index in [4.69, 9.17) is 0 Å². The third kappa shape index (κ3) is 5.19. The van der Waals surface area contributed by atoms with Crippen LogP contribution in [0.15, 0.2) is 49.6 Å². The minimum absolute atomic E-state index is 0.00607. The van der Waals surface area contributed by atoms with Gasteiger partial charge in [0.15, 0.2) is 0 Å². The Balaban J connectivity index is 1.53. The lowest BCUT2D eigenvalue weighted by atomic mass is 9.70. The highest BCUT2D eigenvalue weighted by Crippen LogP contribution is 2.68. The number of benzene rings is 1. The first kappa shape index (κ1) is 30.7. The Morgan fingerprint density at radius 2 is 1.93 bits per heavy atom. The van der Waals surface area contributed by atoms with Gasteiger partial charge in [0.1, 0.15) is 18.2 Å². The number of alkyl halides is 1. The van der Waals surface area contributed by atoms with Crippen LogP contribution in [-0.2, 0) is 21.1 Å². The maximum atomic E-state index is 14.7. The summed E-state index contributed by atoms with van der Waals surface area (Å²) in [5.41, 5.74) is 1.53. The van der Waals surface area contributed by atoms with Crippen LogP contribution in [0.4, 0.5) is 0 Å². The second-order valence-electron chi connectivity index (χ2n) is 11.3. The van der Waals surface area contributed by atoms with Crippen LogP contribution in [0.2, 0.25) is 0 Å². The third-order valence-electron chi connectivity index (χ3n) is 8.66. The first-order valence-corrected chi connectivity index (χ1v) is 16.4. The fourth-order valence-electron chi connectivity index (χ4n) is 6.98. The van der Waals surface area contributed by atoms with Crippen LogP contribution in [0.25, 0.3) is 11.0 Å². The monoisotopic (exact) mass is 658 g/mol. The van der Waals surface area contributed by atoms with Gasteiger partial charge in [-0.1, -0.05) is 52.4 Å². The number of nitrogens with zero attached hydrogens (tertiary/aromatic N) is 6. The van der Waals surface area contributed by atoms with Gasteiger partial charge in [0, 0.05) is 42.9 Å². The molecule has 226 valence electrons. The molecule has 3 aliphatic heterocycles. The summed E-state index contributed by atoms with van der Waals surface area (Å²) in [6, 6.07) is 6.82. The van der Waals surface area contributed by atoms with E-state index in [-0.39, 0.29) is 47.6 Å². The SMILES string of the molecule is C=CCN(Cn1nnc2ccccc21)C(=O)C1N(CCCCO)C(=O)[C@@H]2[C@@H](C(=O)N(CC=C)CCC)[C@@H]3SC12CC3Br. The molecule has 3 amide bonds. The summed E-state index contributed by atoms with van der Waals surface area (Å²) in [6.07, 6.45) is 5.89. The van der Waals surface area contributed by atoms with E-state index in [1.807, 2.05) is 31.2 Å². The Hall–Kier alpha value is -2.70. The van der Waals surface area contributed by atoms with E-state index in [1.54, 1.807) is 43.3 Å². The van der Waals surface area contributed by atoms with Gasteiger partial charge in [-0.2, -0.15) is 0 Å². The number of fused-ring (bicyclic) bond motifs is 2. The van der Waals surface area contributed by atoms with Crippen LogP contribution >= 0.6 is 27.7 Å². The smallest absolute Gasteiger partial charge is 0.248 e. The van der Waals surface area contributed by atoms with Crippen molar-refractivity contribution in [1.82, 2.24) is 29.7 Å². The summed E-state index contributed by atoms with van der Waals surface area (Å²) in [5, 5.41) is 17.9. The van der Waals surface area contributed by atoms with E-state index in [0.29, 0.717) is 38.9 Å². The number of amides is 3. The largest absolute Gasteiger partial charge is 0.396 e. The molecule has 10 nitrogen and oxygen atoms in total. The Morgan fingerprint density at radius 1 is 1.19 bits per heavy atom. The van der Waals surface area contributed by atoms with Crippen molar-refractivity contribution in [1.29, 1.82) is 0 Å². The van der Waals surface area contributed by atoms with Crippen LogP contribution in [0.3, 0.4) is 0 Å². The summed E-state index contributed by atoms with van der Waals surface area (Å²) in [5.74, 6) is -1.50. The fourth-order valence-corrected chi connectivity index (χ4v) is 10.6. The summed E-state index contributed by atoms with van der Waals surface area (Å²) < 4.78 is 0.942. The zero-order chi connectivity index (χ0) is 30.0. The van der Waals surface area contributed by atoms with Crippen LogP contribution in [0.1, 0.15) is 32.6 Å². The highest BCUT2D eigenvalue weighted by molar-refractivity contribution is 9.09. The van der Waals surface area contributed by atoms with E-state index >= 15 is 0 Å². The van der Waals surface area contributed by atoms with Gasteiger partial charge >= 0.3 is 0 Å². The average molecular weight is 660 g/mol. The maximum Gasteiger partial charge on any atom is 0.248 e. The second kappa shape index (κ2) is 12.9. The summed E-state index contributed by atoms with van der Waals surface area (Å²) >= 11 is 5.48. The lowest BCUT2D eigenvalue weighted by molar-refractivity contribution is -0.145. The number of para-hydroxylation sites is 1. The Morgan fingerprint density at radius 3 is 2.64 bits per heavy atom. The molecule has 1 N–H and O–H groups in total. The number of carbonyl (C=O) groups excluding carboxylic acids is 3. The van der Waals surface area contributed by atoms with Gasteiger partial charge in [-0.05, 0) is 37.8 Å². The fraction of sp³-hybridized carbons (Fsp3) is 0.567. The molecule has 5 rings (SSSR count). The van der Waals surface area contributed by atoms with Crippen molar-refractivity contribution < 1.29 is 19.5 Å². The average Bonchev–Trinajstić information content (AvgIpc) is 3.70. The molecule has 4 heterocycles. The Kier molecular flexibility index (Phi) is 9.44. The number of hydrogen-bond acceptors (Lipinski definition) is 7. The molecule has 2 aromatic rings. The topological polar surface area (TPSA) is 112 Å². The van der Waals surface area contributed by atoms with Crippen molar-refractivity contribution in [2.45, 2.75) is 60.1 Å². The number of likely N-dealkylation sites (tertiary alicyclic amines) is 1. The highest BCUT2D eigenvalue weighted by Gasteiger charge is 2.76. The second-order valence-corrected chi connectivity index (χ2v) is 14.0. The molecule has 0 radical (unpaired) electrons. The predicted molar refractivity (Wildman–Crippen MR) is 167 cm³/mol. The van der Waals surface area contributed by atoms with Crippen LogP contribution in [0, 0.1) is 11.8 Å². The molecule has 3 aliphatic rings. The van der Waals surface area contributed by atoms with Gasteiger partial charge in [0.05, 0.1) is 22.1 Å². The molecular weight excluding hydrogens is 620 g/mol. The van der Waals surface area contributed by atoms with E-state index in [2.05, 4.69) is 39.4 Å². The van der Waals surface area contributed by atoms with E-state index < -0.39 is 22.6 Å². The van der Waals surface area contributed by atoms with Gasteiger partial charge in [0.2, 0.25) is 17.7 Å². The Bertz CT molecular complexity index is 1350. The van der Waals surface area contributed by atoms with Gasteiger partial charge in [0.25, 0.3) is 0 Å². The summed E-state index contributed by atoms with van der Waals surface area (Å²) in [6.45, 7) is 11.5. The normalized spacial score (nSPS) is 27.8. The molecule has 0 saturated carbocycles. The number of halogens is 1. The first-order valence-electron chi connectivity index (χ1n) is 14.6. The van der Waals surface area contributed by atoms with Crippen LogP contribution in [0.5, 0.6) is 0 Å². The van der Waals surface area contributed by atoms with Gasteiger partial charge in [-0.15, -0.1) is 30.0 Å². The summed E-state index contributed by atoms with van der Waals surface area (Å²) in [4.78, 5) is 48.2. The molecule has 1 aromatic heterocycles. The molecular formula is C30H39BrN6O4S. The zero-order valence-electron chi connectivity index (χ0n) is 24.0. The van der Waals surface area contributed by atoms with Gasteiger partial charge in [-0.3, -0.25) is 14.4 Å². The van der Waals surface area contributed by atoms with Crippen molar-refractivity contribution in [3.8, 4) is 0 Å². The molecule has 1 aromatic carbocycles. The van der Waals surface area contributed by atoms with Crippen LogP contribution < -0.4 is 0 Å². The van der Waals surface area contributed by atoms with E-state index in [1.165, 1.54) is 0 Å². The van der Waals surface area contributed by atoms with Crippen LogP contribution in [-0.4, -0.2) is 106 Å². The van der Waals surface area contributed by atoms with Gasteiger partial charge < -0.3 is 19.8 Å². The van der Waals surface area contributed by atoms with Crippen molar-refractivity contribution in [2.75, 3.05) is 32.8 Å². The molecule has 3 fully saturated rings. The van der Waals surface area contributed by atoms with Gasteiger partial charge in [-0.25, -0.2) is 4.68 Å². The molecule has 2 bridgehead atoms. The number of carbonyl (C=O) groups is 3. The minimum Gasteiger partial charge on any atom is -0.396 e. The molecule has 6 atom stereocenters. The zero-order valence-corrected chi connectivity index (χ0v) is 26.4. The molecule has 42 heavy (non-hydrogen) atoms. The standard InChI is InChI=1S/C30H39BrN6O4S/c1-4-13-34(14-5-2)27(39)23-24-28(40)36(16-9-10-17-38)26(30(24)18-20(31)25(23)42-30)29(41)35(15-6-3)19-37-22-12-8-7-11-21(22)32-33-37/h4,6-8,11-12,20,23-26,38H,1,3,5,9-10,13-19H2,2H3/t20?,23-,24+,25-,26?,30?/m1/s1. The molecule has 1 spiro atoms. The van der Waals surface area contributed by atoms with E-state index in [0.717, 1.165) is 17.5 Å². The number of hydrogen-bond donors (Lipinski definition) is 1. The maximum absolute atomic E-state index is 14.7. The predicted octanol–water partition coefficient (Wildman–Crippen LogP) is 3.07. The Labute approximate surface area is 259 Å². The lowest BCUT2D eigenvalue weighted by Gasteiger charge is -2.38. The number of aromatic nitrogens is 3. The van der Waals surface area contributed by atoms with Crippen molar-refractivity contribution in [2.24, 2.45) is 11.8 Å². The number of unbranched alkanes of at least 4 members (excludes halogenated alkanes) is 1. The quantitative estimate of drug-likeness (QED) is 0.189. The minimum atomic E-state index is -0.754. The lowest BCUT2D eigenvalue weighted by Crippen LogP contribution is -2.56. The van der Waals surface area contributed by atoms with E-state index in [9.17, 15) is 19.5 Å². The molecule has 3 saturated heterocycles. The number of rotatable bonds is 14. The third-order valence-corrected chi connectivity index (χ3v) is 11.9. The van der Waals surface area contributed by atoms with Crippen molar-refractivity contribution >= 4 is 56.4 Å². The molecule has 0 aliphatic carbocycles. The number of aliphatic hydroxyl groups is 1.